The van der Waals surface area contributed by atoms with Crippen LogP contribution in [-0.4, -0.2) is 11.0 Å². The van der Waals surface area contributed by atoms with Gasteiger partial charge in [0.1, 0.15) is 12.4 Å². The number of esters is 1. The molecule has 0 aliphatic carbocycles. The van der Waals surface area contributed by atoms with Crippen molar-refractivity contribution in [3.63, 3.8) is 0 Å². The predicted octanol–water partition coefficient (Wildman–Crippen LogP) is 3.21. The SMILES string of the molecule is N#Cc1ccc(F)c(COC(=O)c2cncc(Br)c2)c1. The lowest BCUT2D eigenvalue weighted by Gasteiger charge is -2.06. The Morgan fingerprint density at radius 2 is 2.20 bits per heavy atom. The average molecular weight is 335 g/mol. The fraction of sp³-hybridized carbons (Fsp3) is 0.0714. The molecule has 1 heterocycles. The minimum Gasteiger partial charge on any atom is -0.457 e. The Kier molecular flexibility index (Phi) is 4.43. The third-order valence-electron chi connectivity index (χ3n) is 2.47. The highest BCUT2D eigenvalue weighted by Crippen LogP contribution is 2.14. The number of halogens is 2. The van der Waals surface area contributed by atoms with E-state index in [0.29, 0.717) is 10.0 Å². The molecule has 0 spiro atoms. The lowest BCUT2D eigenvalue weighted by atomic mass is 10.1. The maximum absolute atomic E-state index is 13.5. The number of benzene rings is 1. The van der Waals surface area contributed by atoms with Crippen LogP contribution in [0.1, 0.15) is 21.5 Å². The molecule has 20 heavy (non-hydrogen) atoms. The van der Waals surface area contributed by atoms with Crippen molar-refractivity contribution >= 4 is 21.9 Å². The molecule has 0 N–H and O–H groups in total. The third kappa shape index (κ3) is 3.39. The molecular weight excluding hydrogens is 327 g/mol. The summed E-state index contributed by atoms with van der Waals surface area (Å²) in [5, 5.41) is 8.75. The van der Waals surface area contributed by atoms with Crippen molar-refractivity contribution in [3.8, 4) is 6.07 Å². The van der Waals surface area contributed by atoms with Gasteiger partial charge in [-0.15, -0.1) is 0 Å². The van der Waals surface area contributed by atoms with Crippen molar-refractivity contribution < 1.29 is 13.9 Å². The number of aromatic nitrogens is 1. The average Bonchev–Trinajstić information content (AvgIpc) is 2.46. The number of carbonyl (C=O) groups excluding carboxylic acids is 1. The van der Waals surface area contributed by atoms with Crippen LogP contribution in [0, 0.1) is 17.1 Å². The molecule has 0 fully saturated rings. The molecule has 0 amide bonds. The summed E-state index contributed by atoms with van der Waals surface area (Å²) in [7, 11) is 0. The first kappa shape index (κ1) is 14.2. The van der Waals surface area contributed by atoms with Gasteiger partial charge >= 0.3 is 5.97 Å². The smallest absolute Gasteiger partial charge is 0.340 e. The van der Waals surface area contributed by atoms with Gasteiger partial charge < -0.3 is 4.74 Å². The predicted molar refractivity (Wildman–Crippen MR) is 72.2 cm³/mol. The van der Waals surface area contributed by atoms with E-state index in [1.807, 2.05) is 6.07 Å². The van der Waals surface area contributed by atoms with Crippen LogP contribution < -0.4 is 0 Å². The fourth-order valence-corrected chi connectivity index (χ4v) is 1.87. The van der Waals surface area contributed by atoms with Crippen LogP contribution in [0.5, 0.6) is 0 Å². The van der Waals surface area contributed by atoms with Crippen LogP contribution >= 0.6 is 15.9 Å². The molecule has 6 heteroatoms. The Morgan fingerprint density at radius 1 is 1.40 bits per heavy atom. The van der Waals surface area contributed by atoms with E-state index >= 15 is 0 Å². The molecule has 0 unspecified atom stereocenters. The second kappa shape index (κ2) is 6.26. The van der Waals surface area contributed by atoms with E-state index in [-0.39, 0.29) is 17.7 Å². The number of nitrogens with zero attached hydrogens (tertiary/aromatic N) is 2. The molecule has 0 aliphatic rings. The molecule has 2 aromatic rings. The largest absolute Gasteiger partial charge is 0.457 e. The maximum atomic E-state index is 13.5. The zero-order valence-electron chi connectivity index (χ0n) is 10.1. The lowest BCUT2D eigenvalue weighted by Crippen LogP contribution is -2.07. The minimum absolute atomic E-state index is 0.153. The normalized spacial score (nSPS) is 9.85. The molecule has 100 valence electrons. The van der Waals surface area contributed by atoms with E-state index in [4.69, 9.17) is 10.00 Å². The molecule has 1 aromatic heterocycles. The van der Waals surface area contributed by atoms with Crippen LogP contribution in [0.2, 0.25) is 0 Å². The summed E-state index contributed by atoms with van der Waals surface area (Å²) in [5.74, 6) is -1.13. The topological polar surface area (TPSA) is 63.0 Å². The first-order chi connectivity index (χ1) is 9.60. The quantitative estimate of drug-likeness (QED) is 0.808. The van der Waals surface area contributed by atoms with Gasteiger partial charge in [0.05, 0.1) is 17.2 Å². The van der Waals surface area contributed by atoms with E-state index in [0.717, 1.165) is 0 Å². The highest BCUT2D eigenvalue weighted by molar-refractivity contribution is 9.10. The van der Waals surface area contributed by atoms with E-state index in [1.165, 1.54) is 30.6 Å². The number of carbonyl (C=O) groups is 1. The Balaban J connectivity index is 2.09. The number of ether oxygens (including phenoxy) is 1. The second-order valence-electron chi connectivity index (χ2n) is 3.89. The van der Waals surface area contributed by atoms with Crippen LogP contribution in [0.25, 0.3) is 0 Å². The Labute approximate surface area is 123 Å². The molecule has 0 bridgehead atoms. The molecule has 0 saturated carbocycles. The van der Waals surface area contributed by atoms with Gasteiger partial charge in [-0.1, -0.05) is 0 Å². The van der Waals surface area contributed by atoms with Gasteiger partial charge in [0.2, 0.25) is 0 Å². The van der Waals surface area contributed by atoms with Crippen LogP contribution in [-0.2, 0) is 11.3 Å². The second-order valence-corrected chi connectivity index (χ2v) is 4.80. The standard InChI is InChI=1S/C14H8BrFN2O2/c15-12-4-10(6-18-7-12)14(19)20-8-11-3-9(5-17)1-2-13(11)16/h1-4,6-7H,8H2. The molecule has 0 radical (unpaired) electrons. The van der Waals surface area contributed by atoms with Crippen molar-refractivity contribution in [2.75, 3.05) is 0 Å². The number of rotatable bonds is 3. The Morgan fingerprint density at radius 3 is 2.90 bits per heavy atom. The van der Waals surface area contributed by atoms with Crippen molar-refractivity contribution in [1.29, 1.82) is 5.26 Å². The van der Waals surface area contributed by atoms with Gasteiger partial charge in [0, 0.05) is 22.4 Å². The van der Waals surface area contributed by atoms with E-state index in [1.54, 1.807) is 6.07 Å². The molecule has 0 atom stereocenters. The Hall–Kier alpha value is -2.26. The van der Waals surface area contributed by atoms with Gasteiger partial charge in [0.25, 0.3) is 0 Å². The number of hydrogen-bond donors (Lipinski definition) is 0. The summed E-state index contributed by atoms with van der Waals surface area (Å²) in [4.78, 5) is 15.6. The van der Waals surface area contributed by atoms with E-state index < -0.39 is 11.8 Å². The number of pyridine rings is 1. The van der Waals surface area contributed by atoms with Crippen molar-refractivity contribution in [3.05, 3.63) is 63.6 Å². The highest BCUT2D eigenvalue weighted by atomic mass is 79.9. The molecule has 4 nitrogen and oxygen atoms in total. The van der Waals surface area contributed by atoms with E-state index in [9.17, 15) is 9.18 Å². The first-order valence-corrected chi connectivity index (χ1v) is 6.35. The van der Waals surface area contributed by atoms with Crippen LogP contribution in [0.3, 0.4) is 0 Å². The monoisotopic (exact) mass is 334 g/mol. The van der Waals surface area contributed by atoms with Crippen LogP contribution in [0.4, 0.5) is 4.39 Å². The summed E-state index contributed by atoms with van der Waals surface area (Å²) in [6.45, 7) is -0.243. The van der Waals surface area contributed by atoms with Gasteiger partial charge in [-0.3, -0.25) is 4.98 Å². The highest BCUT2D eigenvalue weighted by Gasteiger charge is 2.11. The van der Waals surface area contributed by atoms with Gasteiger partial charge in [-0.25, -0.2) is 9.18 Å². The van der Waals surface area contributed by atoms with Crippen molar-refractivity contribution in [2.45, 2.75) is 6.61 Å². The molecule has 0 aliphatic heterocycles. The van der Waals surface area contributed by atoms with Gasteiger partial charge in [0.15, 0.2) is 0 Å². The zero-order chi connectivity index (χ0) is 14.5. The minimum atomic E-state index is -0.611. The summed E-state index contributed by atoms with van der Waals surface area (Å²) < 4.78 is 19.1. The molecular formula is C14H8BrFN2O2. The molecule has 0 saturated heterocycles. The van der Waals surface area contributed by atoms with Crippen LogP contribution in [0.15, 0.2) is 41.1 Å². The number of hydrogen-bond acceptors (Lipinski definition) is 4. The summed E-state index contributed by atoms with van der Waals surface area (Å²) in [5.41, 5.74) is 0.721. The van der Waals surface area contributed by atoms with Crippen molar-refractivity contribution in [1.82, 2.24) is 4.98 Å². The van der Waals surface area contributed by atoms with Gasteiger partial charge in [-0.05, 0) is 40.2 Å². The van der Waals surface area contributed by atoms with Gasteiger partial charge in [-0.2, -0.15) is 5.26 Å². The first-order valence-electron chi connectivity index (χ1n) is 5.56. The fourth-order valence-electron chi connectivity index (χ4n) is 1.51. The Bertz CT molecular complexity index is 698. The summed E-state index contributed by atoms with van der Waals surface area (Å²) in [6, 6.07) is 7.33. The molecule has 1 aromatic carbocycles. The van der Waals surface area contributed by atoms with Crippen molar-refractivity contribution in [2.24, 2.45) is 0 Å². The third-order valence-corrected chi connectivity index (χ3v) is 2.91. The maximum Gasteiger partial charge on any atom is 0.340 e. The van der Waals surface area contributed by atoms with E-state index in [2.05, 4.69) is 20.9 Å². The number of nitriles is 1. The zero-order valence-corrected chi connectivity index (χ0v) is 11.7. The lowest BCUT2D eigenvalue weighted by molar-refractivity contribution is 0.0468. The molecule has 2 rings (SSSR count). The summed E-state index contributed by atoms with van der Waals surface area (Å²) in [6.07, 6.45) is 2.89. The summed E-state index contributed by atoms with van der Waals surface area (Å²) >= 11 is 3.19.